The first-order valence-corrected chi connectivity index (χ1v) is 6.14. The molecule has 1 aromatic rings. The zero-order chi connectivity index (χ0) is 13.2. The van der Waals surface area contributed by atoms with Gasteiger partial charge in [0.15, 0.2) is 0 Å². The van der Waals surface area contributed by atoms with E-state index in [0.717, 1.165) is 12.1 Å². The van der Waals surface area contributed by atoms with E-state index in [9.17, 15) is 13.2 Å². The van der Waals surface area contributed by atoms with Gasteiger partial charge in [0.2, 0.25) is 0 Å². The van der Waals surface area contributed by atoms with Gasteiger partial charge in [0.05, 0.1) is 5.56 Å². The zero-order valence-corrected chi connectivity index (χ0v) is 10.0. The highest BCUT2D eigenvalue weighted by Crippen LogP contribution is 2.49. The first-order chi connectivity index (χ1) is 8.50. The lowest BCUT2D eigenvalue weighted by atomic mass is 9.60. The molecular formula is C15H15F3. The number of hydrogen-bond acceptors (Lipinski definition) is 0. The Morgan fingerprint density at radius 3 is 1.94 bits per heavy atom. The van der Waals surface area contributed by atoms with Gasteiger partial charge in [0.25, 0.3) is 0 Å². The summed E-state index contributed by atoms with van der Waals surface area (Å²) in [6, 6.07) is 4.67. The Balaban J connectivity index is 0.000000164. The smallest absolute Gasteiger partial charge is 0.166 e. The molecule has 18 heavy (non-hydrogen) atoms. The number of alkyl halides is 3. The van der Waals surface area contributed by atoms with Gasteiger partial charge in [-0.15, -0.1) is 6.42 Å². The van der Waals surface area contributed by atoms with Crippen LogP contribution in [0.3, 0.4) is 0 Å². The standard InChI is InChI=1S/C9H5F3.C6H10/c1-2-7-4-3-5-8(6-7)9(10,11)12;1-2-6-4-3-5(1)6/h1,3-6H;5-6H,1-4H2. The lowest BCUT2D eigenvalue weighted by Gasteiger charge is -2.46. The van der Waals surface area contributed by atoms with Crippen molar-refractivity contribution < 1.29 is 13.2 Å². The van der Waals surface area contributed by atoms with E-state index in [4.69, 9.17) is 6.42 Å². The van der Waals surface area contributed by atoms with Crippen LogP contribution in [-0.4, -0.2) is 0 Å². The Bertz CT molecular complexity index is 436. The van der Waals surface area contributed by atoms with Crippen molar-refractivity contribution >= 4 is 0 Å². The van der Waals surface area contributed by atoms with Crippen LogP contribution in [0.4, 0.5) is 13.2 Å². The van der Waals surface area contributed by atoms with Crippen molar-refractivity contribution in [3.05, 3.63) is 35.4 Å². The van der Waals surface area contributed by atoms with Crippen molar-refractivity contribution in [1.29, 1.82) is 0 Å². The molecule has 1 aromatic carbocycles. The van der Waals surface area contributed by atoms with Crippen LogP contribution in [0, 0.1) is 24.2 Å². The van der Waals surface area contributed by atoms with Gasteiger partial charge in [0, 0.05) is 5.56 Å². The van der Waals surface area contributed by atoms with Crippen molar-refractivity contribution in [2.24, 2.45) is 11.8 Å². The summed E-state index contributed by atoms with van der Waals surface area (Å²) >= 11 is 0. The highest BCUT2D eigenvalue weighted by atomic mass is 19.4. The average Bonchev–Trinajstić information content (AvgIpc) is 2.33. The molecule has 0 amide bonds. The third kappa shape index (κ3) is 2.87. The zero-order valence-electron chi connectivity index (χ0n) is 10.0. The third-order valence-electron chi connectivity index (χ3n) is 3.84. The van der Waals surface area contributed by atoms with Gasteiger partial charge < -0.3 is 0 Å². The van der Waals surface area contributed by atoms with Crippen LogP contribution < -0.4 is 0 Å². The fraction of sp³-hybridized carbons (Fsp3) is 0.467. The van der Waals surface area contributed by atoms with E-state index in [1.165, 1.54) is 24.0 Å². The van der Waals surface area contributed by atoms with Crippen LogP contribution in [0.25, 0.3) is 0 Å². The summed E-state index contributed by atoms with van der Waals surface area (Å²) in [6.07, 6.45) is 6.87. The first kappa shape index (κ1) is 13.0. The first-order valence-electron chi connectivity index (χ1n) is 6.14. The molecule has 0 radical (unpaired) electrons. The molecule has 0 N–H and O–H groups in total. The number of hydrogen-bond donors (Lipinski definition) is 0. The third-order valence-corrected chi connectivity index (χ3v) is 3.84. The van der Waals surface area contributed by atoms with Crippen LogP contribution in [-0.2, 0) is 6.18 Å². The molecule has 0 heterocycles. The Kier molecular flexibility index (Phi) is 3.65. The highest BCUT2D eigenvalue weighted by molar-refractivity contribution is 5.36. The topological polar surface area (TPSA) is 0 Å². The SMILES string of the molecule is C#Cc1cccc(C(F)(F)F)c1.C1CC2CCC12. The van der Waals surface area contributed by atoms with Crippen molar-refractivity contribution in [3.63, 3.8) is 0 Å². The van der Waals surface area contributed by atoms with Crippen LogP contribution >= 0.6 is 0 Å². The molecule has 0 aromatic heterocycles. The Hall–Kier alpha value is -1.43. The van der Waals surface area contributed by atoms with Crippen LogP contribution in [0.5, 0.6) is 0 Å². The molecule has 2 saturated carbocycles. The highest BCUT2D eigenvalue weighted by Gasteiger charge is 2.37. The molecule has 2 aliphatic carbocycles. The second-order valence-corrected chi connectivity index (χ2v) is 4.90. The number of rotatable bonds is 0. The summed E-state index contributed by atoms with van der Waals surface area (Å²) < 4.78 is 36.1. The van der Waals surface area contributed by atoms with Gasteiger partial charge in [-0.3, -0.25) is 0 Å². The second-order valence-electron chi connectivity index (χ2n) is 4.90. The lowest BCUT2D eigenvalue weighted by molar-refractivity contribution is -0.137. The Morgan fingerprint density at radius 1 is 1.06 bits per heavy atom. The van der Waals surface area contributed by atoms with E-state index in [0.29, 0.717) is 0 Å². The molecule has 0 atom stereocenters. The summed E-state index contributed by atoms with van der Waals surface area (Å²) in [5.74, 6) is 4.57. The summed E-state index contributed by atoms with van der Waals surface area (Å²) in [5, 5.41) is 0. The number of benzene rings is 1. The van der Waals surface area contributed by atoms with E-state index >= 15 is 0 Å². The van der Waals surface area contributed by atoms with E-state index < -0.39 is 11.7 Å². The molecule has 2 fully saturated rings. The van der Waals surface area contributed by atoms with Crippen molar-refractivity contribution in [1.82, 2.24) is 0 Å². The van der Waals surface area contributed by atoms with E-state index in [2.05, 4.69) is 5.92 Å². The molecule has 0 unspecified atom stereocenters. The molecule has 96 valence electrons. The van der Waals surface area contributed by atoms with Gasteiger partial charge in [-0.2, -0.15) is 13.2 Å². The maximum atomic E-state index is 12.0. The van der Waals surface area contributed by atoms with E-state index in [1.807, 2.05) is 0 Å². The lowest BCUT2D eigenvalue weighted by Crippen LogP contribution is -2.34. The van der Waals surface area contributed by atoms with Gasteiger partial charge in [-0.1, -0.05) is 12.0 Å². The minimum absolute atomic E-state index is 0.241. The molecular weight excluding hydrogens is 237 g/mol. The summed E-state index contributed by atoms with van der Waals surface area (Å²) in [5.41, 5.74) is -0.470. The minimum Gasteiger partial charge on any atom is -0.166 e. The van der Waals surface area contributed by atoms with Crippen LogP contribution in [0.1, 0.15) is 36.8 Å². The van der Waals surface area contributed by atoms with Gasteiger partial charge in [-0.25, -0.2) is 0 Å². The number of halogens is 3. The maximum Gasteiger partial charge on any atom is 0.416 e. The van der Waals surface area contributed by atoms with Crippen molar-refractivity contribution in [2.75, 3.05) is 0 Å². The predicted molar refractivity (Wildman–Crippen MR) is 64.8 cm³/mol. The van der Waals surface area contributed by atoms with Gasteiger partial charge >= 0.3 is 6.18 Å². The summed E-state index contributed by atoms with van der Waals surface area (Å²) in [6.45, 7) is 0. The molecule has 0 bridgehead atoms. The molecule has 3 rings (SSSR count). The minimum atomic E-state index is -4.31. The van der Waals surface area contributed by atoms with Gasteiger partial charge in [-0.05, 0) is 55.7 Å². The monoisotopic (exact) mass is 252 g/mol. The van der Waals surface area contributed by atoms with E-state index in [-0.39, 0.29) is 5.56 Å². The van der Waals surface area contributed by atoms with Crippen molar-refractivity contribution in [3.8, 4) is 12.3 Å². The summed E-state index contributed by atoms with van der Waals surface area (Å²) in [4.78, 5) is 0. The summed E-state index contributed by atoms with van der Waals surface area (Å²) in [7, 11) is 0. The largest absolute Gasteiger partial charge is 0.416 e. The number of fused-ring (bicyclic) bond motifs is 1. The average molecular weight is 252 g/mol. The fourth-order valence-electron chi connectivity index (χ4n) is 2.35. The number of terminal acetylenes is 1. The Morgan fingerprint density at radius 2 is 1.61 bits per heavy atom. The fourth-order valence-corrected chi connectivity index (χ4v) is 2.35. The maximum absolute atomic E-state index is 12.0. The predicted octanol–water partition coefficient (Wildman–Crippen LogP) is 4.49. The van der Waals surface area contributed by atoms with Crippen molar-refractivity contribution in [2.45, 2.75) is 31.9 Å². The van der Waals surface area contributed by atoms with Crippen LogP contribution in [0.15, 0.2) is 24.3 Å². The molecule has 0 spiro atoms. The quantitative estimate of drug-likeness (QED) is 0.597. The van der Waals surface area contributed by atoms with Crippen LogP contribution in [0.2, 0.25) is 0 Å². The molecule has 0 aliphatic heterocycles. The molecule has 0 nitrogen and oxygen atoms in total. The normalized spacial score (nSPS) is 24.6. The second kappa shape index (κ2) is 5.06. The Labute approximate surface area is 105 Å². The molecule has 2 aliphatic rings. The van der Waals surface area contributed by atoms with E-state index in [1.54, 1.807) is 25.7 Å². The molecule has 3 heteroatoms. The van der Waals surface area contributed by atoms with Gasteiger partial charge in [0.1, 0.15) is 0 Å². The molecule has 0 saturated heterocycles.